The van der Waals surface area contributed by atoms with Gasteiger partial charge in [0.2, 0.25) is 0 Å². The molecule has 0 amide bonds. The Morgan fingerprint density at radius 3 is 2.90 bits per heavy atom. The first kappa shape index (κ1) is 13.1. The number of anilines is 1. The summed E-state index contributed by atoms with van der Waals surface area (Å²) in [7, 11) is 0. The Balaban J connectivity index is 2.01. The summed E-state index contributed by atoms with van der Waals surface area (Å²) in [6.45, 7) is 2.19. The minimum atomic E-state index is -1.02. The topological polar surface area (TPSA) is 88.2 Å². The van der Waals surface area contributed by atoms with Crippen LogP contribution in [0.2, 0.25) is 0 Å². The van der Waals surface area contributed by atoms with Crippen molar-refractivity contribution in [3.63, 3.8) is 0 Å². The second-order valence-corrected chi connectivity index (χ2v) is 4.65. The van der Waals surface area contributed by atoms with Gasteiger partial charge in [0.1, 0.15) is 17.0 Å². The first-order valence-corrected chi connectivity index (χ1v) is 6.42. The van der Waals surface area contributed by atoms with Gasteiger partial charge in [0.25, 0.3) is 0 Å². The molecule has 0 radical (unpaired) electrons. The van der Waals surface area contributed by atoms with Crippen molar-refractivity contribution in [2.75, 3.05) is 5.32 Å². The van der Waals surface area contributed by atoms with E-state index >= 15 is 0 Å². The van der Waals surface area contributed by atoms with E-state index in [4.69, 9.17) is 4.52 Å². The molecule has 0 saturated heterocycles. The van der Waals surface area contributed by atoms with Crippen LogP contribution in [0.15, 0.2) is 41.1 Å². The smallest absolute Gasteiger partial charge is 0.339 e. The van der Waals surface area contributed by atoms with E-state index in [1.165, 1.54) is 6.20 Å². The van der Waals surface area contributed by atoms with Gasteiger partial charge in [0.05, 0.1) is 17.7 Å². The minimum Gasteiger partial charge on any atom is -0.478 e. The summed E-state index contributed by atoms with van der Waals surface area (Å²) in [4.78, 5) is 15.5. The van der Waals surface area contributed by atoms with Gasteiger partial charge >= 0.3 is 5.97 Å². The number of rotatable bonds is 4. The monoisotopic (exact) mass is 283 g/mol. The molecule has 21 heavy (non-hydrogen) atoms. The van der Waals surface area contributed by atoms with Crippen LogP contribution in [-0.4, -0.2) is 21.2 Å². The number of aryl methyl sites for hydroxylation is 1. The fraction of sp³-hybridized carbons (Fsp3) is 0.133. The number of benzene rings is 1. The molecule has 6 nitrogen and oxygen atoms in total. The van der Waals surface area contributed by atoms with Crippen molar-refractivity contribution in [2.45, 2.75) is 13.5 Å². The predicted octanol–water partition coefficient (Wildman–Crippen LogP) is 2.84. The summed E-state index contributed by atoms with van der Waals surface area (Å²) in [5, 5.41) is 17.1. The number of aromatic nitrogens is 2. The molecule has 106 valence electrons. The molecule has 3 rings (SSSR count). The second kappa shape index (κ2) is 5.24. The molecule has 0 aliphatic carbocycles. The number of nitrogens with one attached hydrogen (secondary N) is 1. The van der Waals surface area contributed by atoms with E-state index < -0.39 is 5.97 Å². The standard InChI is InChI=1S/C15H13N3O3/c1-9-6-10(18-21-9)7-17-14-11-4-2-3-5-13(11)16-8-12(14)15(19)20/h2-6,8H,7H2,1H3,(H,16,17)(H,19,20). The first-order valence-electron chi connectivity index (χ1n) is 6.42. The number of para-hydroxylation sites is 1. The number of carbonyl (C=O) groups is 1. The summed E-state index contributed by atoms with van der Waals surface area (Å²) in [5.74, 6) is -0.308. The Labute approximate surface area is 120 Å². The van der Waals surface area contributed by atoms with Crippen molar-refractivity contribution in [3.8, 4) is 0 Å². The summed E-state index contributed by atoms with van der Waals surface area (Å²) < 4.78 is 5.00. The Morgan fingerprint density at radius 2 is 2.19 bits per heavy atom. The first-order chi connectivity index (χ1) is 10.1. The zero-order valence-corrected chi connectivity index (χ0v) is 11.3. The lowest BCUT2D eigenvalue weighted by Gasteiger charge is -2.11. The number of nitrogens with zero attached hydrogens (tertiary/aromatic N) is 2. The third-order valence-corrected chi connectivity index (χ3v) is 3.13. The molecular formula is C15H13N3O3. The van der Waals surface area contributed by atoms with E-state index in [-0.39, 0.29) is 5.56 Å². The van der Waals surface area contributed by atoms with Gasteiger partial charge in [0, 0.05) is 17.6 Å². The van der Waals surface area contributed by atoms with Crippen LogP contribution >= 0.6 is 0 Å². The van der Waals surface area contributed by atoms with Gasteiger partial charge in [0.15, 0.2) is 0 Å². The van der Waals surface area contributed by atoms with E-state index in [1.807, 2.05) is 24.3 Å². The normalized spacial score (nSPS) is 10.7. The Kier molecular flexibility index (Phi) is 3.27. The molecule has 0 unspecified atom stereocenters. The molecule has 0 spiro atoms. The molecule has 0 fully saturated rings. The van der Waals surface area contributed by atoms with Crippen molar-refractivity contribution in [3.05, 3.63) is 53.5 Å². The van der Waals surface area contributed by atoms with E-state index in [9.17, 15) is 9.90 Å². The largest absolute Gasteiger partial charge is 0.478 e. The number of pyridine rings is 1. The van der Waals surface area contributed by atoms with Crippen LogP contribution in [0.1, 0.15) is 21.8 Å². The van der Waals surface area contributed by atoms with Crippen LogP contribution in [0, 0.1) is 6.92 Å². The molecule has 0 aliphatic rings. The quantitative estimate of drug-likeness (QED) is 0.765. The highest BCUT2D eigenvalue weighted by molar-refractivity contribution is 6.04. The van der Waals surface area contributed by atoms with Crippen LogP contribution in [0.5, 0.6) is 0 Å². The fourth-order valence-corrected chi connectivity index (χ4v) is 2.17. The fourth-order valence-electron chi connectivity index (χ4n) is 2.17. The number of fused-ring (bicyclic) bond motifs is 1. The maximum Gasteiger partial charge on any atom is 0.339 e. The lowest BCUT2D eigenvalue weighted by atomic mass is 10.1. The third kappa shape index (κ3) is 2.55. The molecule has 2 heterocycles. The van der Waals surface area contributed by atoms with Gasteiger partial charge in [-0.05, 0) is 13.0 Å². The SMILES string of the molecule is Cc1cc(CNc2c(C(=O)O)cnc3ccccc23)no1. The highest BCUT2D eigenvalue weighted by Crippen LogP contribution is 2.26. The minimum absolute atomic E-state index is 0.133. The van der Waals surface area contributed by atoms with E-state index in [0.717, 1.165) is 10.9 Å². The van der Waals surface area contributed by atoms with Gasteiger partial charge in [-0.25, -0.2) is 4.79 Å². The highest BCUT2D eigenvalue weighted by atomic mass is 16.5. The maximum atomic E-state index is 11.4. The average Bonchev–Trinajstić information content (AvgIpc) is 2.90. The number of aromatic carboxylic acids is 1. The molecule has 0 bridgehead atoms. The van der Waals surface area contributed by atoms with E-state index in [0.29, 0.717) is 23.7 Å². The summed E-state index contributed by atoms with van der Waals surface area (Å²) in [5.41, 5.74) is 2.12. The Hall–Kier alpha value is -2.89. The van der Waals surface area contributed by atoms with E-state index in [1.54, 1.807) is 13.0 Å². The average molecular weight is 283 g/mol. The molecular weight excluding hydrogens is 270 g/mol. The molecule has 2 N–H and O–H groups in total. The Bertz CT molecular complexity index is 811. The lowest BCUT2D eigenvalue weighted by Crippen LogP contribution is -2.08. The van der Waals surface area contributed by atoms with Gasteiger partial charge in [-0.2, -0.15) is 0 Å². The number of hydrogen-bond acceptors (Lipinski definition) is 5. The van der Waals surface area contributed by atoms with Crippen molar-refractivity contribution < 1.29 is 14.4 Å². The number of carboxylic acids is 1. The van der Waals surface area contributed by atoms with Gasteiger partial charge in [-0.1, -0.05) is 23.4 Å². The molecule has 0 saturated carbocycles. The van der Waals surface area contributed by atoms with Crippen LogP contribution in [0.4, 0.5) is 5.69 Å². The second-order valence-electron chi connectivity index (χ2n) is 4.65. The molecule has 6 heteroatoms. The summed E-state index contributed by atoms with van der Waals surface area (Å²) >= 11 is 0. The molecule has 0 atom stereocenters. The predicted molar refractivity (Wildman–Crippen MR) is 77.3 cm³/mol. The Morgan fingerprint density at radius 1 is 1.38 bits per heavy atom. The molecule has 0 aliphatic heterocycles. The summed E-state index contributed by atoms with van der Waals surface area (Å²) in [6.07, 6.45) is 1.36. The van der Waals surface area contributed by atoms with Crippen molar-refractivity contribution in [2.24, 2.45) is 0 Å². The molecule has 3 aromatic rings. The third-order valence-electron chi connectivity index (χ3n) is 3.13. The van der Waals surface area contributed by atoms with Crippen LogP contribution in [-0.2, 0) is 6.54 Å². The van der Waals surface area contributed by atoms with Gasteiger partial charge in [-0.3, -0.25) is 4.98 Å². The number of hydrogen-bond donors (Lipinski definition) is 2. The summed E-state index contributed by atoms with van der Waals surface area (Å²) in [6, 6.07) is 9.19. The highest BCUT2D eigenvalue weighted by Gasteiger charge is 2.14. The zero-order chi connectivity index (χ0) is 14.8. The number of carboxylic acid groups (broad SMARTS) is 1. The van der Waals surface area contributed by atoms with Gasteiger partial charge in [-0.15, -0.1) is 0 Å². The lowest BCUT2D eigenvalue weighted by molar-refractivity contribution is 0.0697. The van der Waals surface area contributed by atoms with Crippen molar-refractivity contribution in [1.82, 2.24) is 10.1 Å². The van der Waals surface area contributed by atoms with Crippen LogP contribution in [0.3, 0.4) is 0 Å². The van der Waals surface area contributed by atoms with Crippen LogP contribution < -0.4 is 5.32 Å². The maximum absolute atomic E-state index is 11.4. The van der Waals surface area contributed by atoms with Crippen LogP contribution in [0.25, 0.3) is 10.9 Å². The van der Waals surface area contributed by atoms with Gasteiger partial charge < -0.3 is 14.9 Å². The zero-order valence-electron chi connectivity index (χ0n) is 11.3. The molecule has 1 aromatic carbocycles. The van der Waals surface area contributed by atoms with Crippen molar-refractivity contribution in [1.29, 1.82) is 0 Å². The van der Waals surface area contributed by atoms with Crippen molar-refractivity contribution >= 4 is 22.6 Å². The molecule has 2 aromatic heterocycles. The van der Waals surface area contributed by atoms with E-state index in [2.05, 4.69) is 15.5 Å².